The van der Waals surface area contributed by atoms with Crippen molar-refractivity contribution in [3.8, 4) is 0 Å². The van der Waals surface area contributed by atoms with Gasteiger partial charge in [-0.25, -0.2) is 13.1 Å². The summed E-state index contributed by atoms with van der Waals surface area (Å²) in [5, 5.41) is 0. The molecule has 0 aromatic heterocycles. The first-order valence-electron chi connectivity index (χ1n) is 8.80. The van der Waals surface area contributed by atoms with Crippen LogP contribution in [0.1, 0.15) is 10.4 Å². The minimum atomic E-state index is -3.68. The van der Waals surface area contributed by atoms with Crippen molar-refractivity contribution < 1.29 is 17.9 Å². The van der Waals surface area contributed by atoms with Crippen LogP contribution in [0, 0.1) is 0 Å². The average Bonchev–Trinajstić information content (AvgIpc) is 2.68. The largest absolute Gasteiger partial charge is 0.378 e. The Labute approximate surface area is 154 Å². The molecule has 0 aliphatic carbocycles. The van der Waals surface area contributed by atoms with Crippen molar-refractivity contribution >= 4 is 21.6 Å². The van der Waals surface area contributed by atoms with E-state index in [0.717, 1.165) is 26.2 Å². The minimum absolute atomic E-state index is 0.156. The van der Waals surface area contributed by atoms with Gasteiger partial charge in [0.15, 0.2) is 0 Å². The molecular weight excluding hydrogens is 356 g/mol. The second-order valence-electron chi connectivity index (χ2n) is 6.58. The molecule has 8 nitrogen and oxygen atoms in total. The molecule has 1 aromatic carbocycles. The Balaban J connectivity index is 1.94. The number of benzene rings is 1. The fourth-order valence-corrected chi connectivity index (χ4v) is 4.20. The van der Waals surface area contributed by atoms with Gasteiger partial charge < -0.3 is 19.4 Å². The SMILES string of the molecule is CNS(=O)(=O)c1cc(C(=O)N2CCOCC2)ccc1N1CCN(C)CC1. The summed E-state index contributed by atoms with van der Waals surface area (Å²) in [4.78, 5) is 18.9. The van der Waals surface area contributed by atoms with E-state index in [1.54, 1.807) is 17.0 Å². The number of morpholine rings is 1. The number of carbonyl (C=O) groups is 1. The van der Waals surface area contributed by atoms with Crippen LogP contribution >= 0.6 is 0 Å². The van der Waals surface area contributed by atoms with Crippen molar-refractivity contribution in [3.63, 3.8) is 0 Å². The molecule has 1 aromatic rings. The molecule has 0 unspecified atom stereocenters. The summed E-state index contributed by atoms with van der Waals surface area (Å²) in [6, 6.07) is 4.97. The van der Waals surface area contributed by atoms with Gasteiger partial charge in [0.05, 0.1) is 18.9 Å². The van der Waals surface area contributed by atoms with E-state index in [4.69, 9.17) is 4.74 Å². The van der Waals surface area contributed by atoms with Gasteiger partial charge in [-0.15, -0.1) is 0 Å². The van der Waals surface area contributed by atoms with Crippen molar-refractivity contribution in [1.29, 1.82) is 0 Å². The van der Waals surface area contributed by atoms with Gasteiger partial charge in [0.25, 0.3) is 5.91 Å². The first kappa shape index (κ1) is 19.1. The van der Waals surface area contributed by atoms with Gasteiger partial charge in [-0.1, -0.05) is 0 Å². The Kier molecular flexibility index (Phi) is 5.81. The highest BCUT2D eigenvalue weighted by molar-refractivity contribution is 7.89. The molecule has 2 fully saturated rings. The highest BCUT2D eigenvalue weighted by Gasteiger charge is 2.26. The highest BCUT2D eigenvalue weighted by Crippen LogP contribution is 2.28. The Morgan fingerprint density at radius 1 is 1.08 bits per heavy atom. The smallest absolute Gasteiger partial charge is 0.254 e. The van der Waals surface area contributed by atoms with E-state index in [0.29, 0.717) is 37.6 Å². The van der Waals surface area contributed by atoms with Crippen molar-refractivity contribution in [2.45, 2.75) is 4.90 Å². The number of carbonyl (C=O) groups excluding carboxylic acids is 1. The third-order valence-corrected chi connectivity index (χ3v) is 6.35. The lowest BCUT2D eigenvalue weighted by molar-refractivity contribution is 0.0302. The second kappa shape index (κ2) is 7.91. The van der Waals surface area contributed by atoms with Gasteiger partial charge in [0.1, 0.15) is 4.90 Å². The minimum Gasteiger partial charge on any atom is -0.378 e. The van der Waals surface area contributed by atoms with Gasteiger partial charge in [0.2, 0.25) is 10.0 Å². The van der Waals surface area contributed by atoms with Gasteiger partial charge in [-0.2, -0.15) is 0 Å². The van der Waals surface area contributed by atoms with Crippen LogP contribution in [0.5, 0.6) is 0 Å². The maximum atomic E-state index is 12.7. The van der Waals surface area contributed by atoms with E-state index < -0.39 is 10.0 Å². The van der Waals surface area contributed by atoms with Crippen LogP contribution < -0.4 is 9.62 Å². The lowest BCUT2D eigenvalue weighted by atomic mass is 10.1. The standard InChI is InChI=1S/C17H26N4O4S/c1-18-26(23,24)16-13-14(17(22)21-9-11-25-12-10-21)3-4-15(16)20-7-5-19(2)6-8-20/h3-4,13,18H,5-12H2,1-2H3. The molecule has 2 aliphatic heterocycles. The molecule has 2 saturated heterocycles. The molecule has 0 bridgehead atoms. The molecule has 0 spiro atoms. The van der Waals surface area contributed by atoms with Crippen LogP contribution in [0.4, 0.5) is 5.69 Å². The topological polar surface area (TPSA) is 82.2 Å². The summed E-state index contributed by atoms with van der Waals surface area (Å²) in [6.45, 7) is 5.29. The fourth-order valence-electron chi connectivity index (χ4n) is 3.23. The zero-order valence-corrected chi connectivity index (χ0v) is 16.1. The van der Waals surface area contributed by atoms with E-state index in [9.17, 15) is 13.2 Å². The lowest BCUT2D eigenvalue weighted by Gasteiger charge is -2.35. The summed E-state index contributed by atoms with van der Waals surface area (Å²) in [5.74, 6) is -0.161. The summed E-state index contributed by atoms with van der Waals surface area (Å²) >= 11 is 0. The van der Waals surface area contributed by atoms with Crippen LogP contribution in [0.2, 0.25) is 0 Å². The third-order valence-electron chi connectivity index (χ3n) is 4.91. The number of nitrogens with zero attached hydrogens (tertiary/aromatic N) is 3. The van der Waals surface area contributed by atoms with E-state index >= 15 is 0 Å². The molecule has 2 heterocycles. The van der Waals surface area contributed by atoms with Crippen LogP contribution in [0.3, 0.4) is 0 Å². The number of ether oxygens (including phenoxy) is 1. The van der Waals surface area contributed by atoms with E-state index in [-0.39, 0.29) is 10.8 Å². The van der Waals surface area contributed by atoms with Crippen molar-refractivity contribution in [3.05, 3.63) is 23.8 Å². The molecule has 9 heteroatoms. The highest BCUT2D eigenvalue weighted by atomic mass is 32.2. The van der Waals surface area contributed by atoms with E-state index in [1.807, 2.05) is 7.05 Å². The quantitative estimate of drug-likeness (QED) is 0.778. The maximum Gasteiger partial charge on any atom is 0.254 e. The van der Waals surface area contributed by atoms with Crippen molar-refractivity contribution in [2.24, 2.45) is 0 Å². The Morgan fingerprint density at radius 2 is 1.73 bits per heavy atom. The molecule has 0 saturated carbocycles. The first-order valence-corrected chi connectivity index (χ1v) is 10.3. The molecule has 1 N–H and O–H groups in total. The Bertz CT molecular complexity index is 754. The number of anilines is 1. The Morgan fingerprint density at radius 3 is 2.35 bits per heavy atom. The zero-order valence-electron chi connectivity index (χ0n) is 15.3. The monoisotopic (exact) mass is 382 g/mol. The summed E-state index contributed by atoms with van der Waals surface area (Å²) in [6.07, 6.45) is 0. The summed E-state index contributed by atoms with van der Waals surface area (Å²) in [7, 11) is -0.242. The zero-order chi connectivity index (χ0) is 18.7. The third kappa shape index (κ3) is 4.01. The fraction of sp³-hybridized carbons (Fsp3) is 0.588. The number of sulfonamides is 1. The number of amides is 1. The van der Waals surface area contributed by atoms with Crippen molar-refractivity contribution in [2.75, 3.05) is 71.5 Å². The Hall–Kier alpha value is -1.68. The molecule has 0 atom stereocenters. The maximum absolute atomic E-state index is 12.7. The van der Waals surface area contributed by atoms with Gasteiger partial charge >= 0.3 is 0 Å². The van der Waals surface area contributed by atoms with Gasteiger partial charge in [0, 0.05) is 44.8 Å². The van der Waals surface area contributed by atoms with Gasteiger partial charge in [-0.05, 0) is 32.3 Å². The average molecular weight is 382 g/mol. The molecule has 1 amide bonds. The number of nitrogens with one attached hydrogen (secondary N) is 1. The summed E-state index contributed by atoms with van der Waals surface area (Å²) in [5.41, 5.74) is 1.03. The van der Waals surface area contributed by atoms with E-state index in [2.05, 4.69) is 14.5 Å². The van der Waals surface area contributed by atoms with E-state index in [1.165, 1.54) is 13.1 Å². The molecule has 144 valence electrons. The van der Waals surface area contributed by atoms with Crippen LogP contribution in [0.25, 0.3) is 0 Å². The number of rotatable bonds is 4. The first-order chi connectivity index (χ1) is 12.4. The molecule has 3 rings (SSSR count). The van der Waals surface area contributed by atoms with Crippen LogP contribution in [-0.2, 0) is 14.8 Å². The van der Waals surface area contributed by atoms with Gasteiger partial charge in [-0.3, -0.25) is 4.79 Å². The lowest BCUT2D eigenvalue weighted by Crippen LogP contribution is -2.45. The normalized spacial score (nSPS) is 19.6. The molecule has 2 aliphatic rings. The summed E-state index contributed by atoms with van der Waals surface area (Å²) < 4.78 is 32.8. The predicted molar refractivity (Wildman–Crippen MR) is 99.1 cm³/mol. The molecule has 0 radical (unpaired) electrons. The number of piperazine rings is 1. The van der Waals surface area contributed by atoms with Crippen molar-refractivity contribution in [1.82, 2.24) is 14.5 Å². The number of hydrogen-bond acceptors (Lipinski definition) is 6. The second-order valence-corrected chi connectivity index (χ2v) is 8.44. The number of hydrogen-bond donors (Lipinski definition) is 1. The molecular formula is C17H26N4O4S. The van der Waals surface area contributed by atoms with Crippen LogP contribution in [0.15, 0.2) is 23.1 Å². The predicted octanol–water partition coefficient (Wildman–Crippen LogP) is -0.181. The number of likely N-dealkylation sites (N-methyl/N-ethyl adjacent to an activating group) is 1. The van der Waals surface area contributed by atoms with Crippen LogP contribution in [-0.4, -0.2) is 90.7 Å². The molecule has 26 heavy (non-hydrogen) atoms.